The van der Waals surface area contributed by atoms with E-state index in [1.54, 1.807) is 25.7 Å². The number of hydrogen-bond acceptors (Lipinski definition) is 4. The largest absolute Gasteiger partial charge is 0.444 e. The van der Waals surface area contributed by atoms with Gasteiger partial charge in [0.15, 0.2) is 11.6 Å². The molecule has 1 amide bonds. The summed E-state index contributed by atoms with van der Waals surface area (Å²) in [5.74, 6) is -1.84. The first-order chi connectivity index (χ1) is 12.1. The molecule has 26 heavy (non-hydrogen) atoms. The van der Waals surface area contributed by atoms with Crippen LogP contribution in [-0.2, 0) is 15.9 Å². The number of piperidine rings is 1. The van der Waals surface area contributed by atoms with Crippen LogP contribution < -0.4 is 0 Å². The van der Waals surface area contributed by atoms with Crippen molar-refractivity contribution in [3.63, 3.8) is 0 Å². The first-order valence-corrected chi connectivity index (χ1v) is 8.82. The minimum Gasteiger partial charge on any atom is -0.444 e. The van der Waals surface area contributed by atoms with E-state index in [4.69, 9.17) is 9.47 Å². The topological polar surface area (TPSA) is 59.0 Å². The summed E-state index contributed by atoms with van der Waals surface area (Å²) in [5.41, 5.74) is -1.19. The number of aliphatic hydroxyl groups is 1. The van der Waals surface area contributed by atoms with Crippen LogP contribution in [0.3, 0.4) is 0 Å². The highest BCUT2D eigenvalue weighted by molar-refractivity contribution is 5.69. The van der Waals surface area contributed by atoms with Gasteiger partial charge < -0.3 is 14.6 Å². The van der Waals surface area contributed by atoms with Gasteiger partial charge in [-0.2, -0.15) is 0 Å². The number of amides is 1. The number of morpholine rings is 1. The summed E-state index contributed by atoms with van der Waals surface area (Å²) in [6.07, 6.45) is 0.369. The first-order valence-electron chi connectivity index (χ1n) is 8.82. The van der Waals surface area contributed by atoms with Gasteiger partial charge in [0, 0.05) is 6.42 Å². The number of halogens is 2. The van der Waals surface area contributed by atoms with Gasteiger partial charge in [0.2, 0.25) is 0 Å². The van der Waals surface area contributed by atoms with Gasteiger partial charge in [0.05, 0.1) is 30.9 Å². The number of ether oxygens (including phenoxy) is 2. The van der Waals surface area contributed by atoms with Crippen molar-refractivity contribution in [2.45, 2.75) is 63.3 Å². The fourth-order valence-corrected chi connectivity index (χ4v) is 3.86. The molecular weight excluding hydrogens is 344 g/mol. The molecule has 5 nitrogen and oxygen atoms in total. The first kappa shape index (κ1) is 19.0. The highest BCUT2D eigenvalue weighted by Gasteiger charge is 2.49. The third-order valence-electron chi connectivity index (χ3n) is 4.76. The molecule has 2 heterocycles. The molecule has 3 rings (SSSR count). The molecule has 2 aliphatic heterocycles. The standard InChI is InChI=1S/C19H25F2NO4/c1-18(2,3)26-17(23)22-13-8-19(24,9-14(22)11-25-10-13)7-12-4-5-15(20)16(21)6-12/h4-6,13-14,24H,7-11H2,1-3H3. The Balaban J connectivity index is 1.75. The molecule has 2 atom stereocenters. The zero-order chi connectivity index (χ0) is 19.1. The molecule has 0 radical (unpaired) electrons. The Hall–Kier alpha value is -1.73. The normalized spacial score (nSPS) is 28.8. The van der Waals surface area contributed by atoms with Crippen LogP contribution in [-0.4, -0.2) is 52.6 Å². The van der Waals surface area contributed by atoms with Crippen molar-refractivity contribution in [1.82, 2.24) is 4.90 Å². The lowest BCUT2D eigenvalue weighted by Gasteiger charge is -2.51. The number of carbonyl (C=O) groups is 1. The third kappa shape index (κ3) is 4.15. The van der Waals surface area contributed by atoms with Crippen LogP contribution in [0, 0.1) is 11.6 Å². The second-order valence-corrected chi connectivity index (χ2v) is 8.29. The quantitative estimate of drug-likeness (QED) is 0.871. The molecule has 0 aliphatic carbocycles. The minimum absolute atomic E-state index is 0.194. The second kappa shape index (κ2) is 6.78. The van der Waals surface area contributed by atoms with Crippen molar-refractivity contribution in [3.8, 4) is 0 Å². The van der Waals surface area contributed by atoms with Crippen LogP contribution in [0.5, 0.6) is 0 Å². The van der Waals surface area contributed by atoms with Crippen LogP contribution in [0.2, 0.25) is 0 Å². The van der Waals surface area contributed by atoms with Crippen LogP contribution in [0.4, 0.5) is 13.6 Å². The summed E-state index contributed by atoms with van der Waals surface area (Å²) < 4.78 is 37.6. The summed E-state index contributed by atoms with van der Waals surface area (Å²) in [6, 6.07) is 3.02. The maximum Gasteiger partial charge on any atom is 0.410 e. The summed E-state index contributed by atoms with van der Waals surface area (Å²) in [6.45, 7) is 6.05. The van der Waals surface area contributed by atoms with Crippen molar-refractivity contribution in [3.05, 3.63) is 35.4 Å². The Labute approximate surface area is 151 Å². The van der Waals surface area contributed by atoms with E-state index in [1.165, 1.54) is 6.07 Å². The fraction of sp³-hybridized carbons (Fsp3) is 0.632. The number of fused-ring (bicyclic) bond motifs is 2. The van der Waals surface area contributed by atoms with E-state index in [2.05, 4.69) is 0 Å². The van der Waals surface area contributed by atoms with E-state index in [-0.39, 0.29) is 18.5 Å². The molecule has 2 unspecified atom stereocenters. The molecule has 1 aromatic carbocycles. The maximum atomic E-state index is 13.5. The number of nitrogens with zero attached hydrogens (tertiary/aromatic N) is 1. The summed E-state index contributed by atoms with van der Waals surface area (Å²) in [7, 11) is 0. The molecule has 144 valence electrons. The van der Waals surface area contributed by atoms with Crippen molar-refractivity contribution in [2.75, 3.05) is 13.2 Å². The van der Waals surface area contributed by atoms with Gasteiger partial charge in [-0.3, -0.25) is 4.90 Å². The number of hydrogen-bond donors (Lipinski definition) is 1. The highest BCUT2D eigenvalue weighted by Crippen LogP contribution is 2.37. The molecule has 1 aromatic rings. The summed E-state index contributed by atoms with van der Waals surface area (Å²) in [5, 5.41) is 11.1. The summed E-state index contributed by atoms with van der Waals surface area (Å²) in [4.78, 5) is 14.2. The van der Waals surface area contributed by atoms with Crippen molar-refractivity contribution < 1.29 is 28.2 Å². The van der Waals surface area contributed by atoms with Crippen molar-refractivity contribution in [1.29, 1.82) is 0 Å². The van der Waals surface area contributed by atoms with Crippen LogP contribution >= 0.6 is 0 Å². The SMILES string of the molecule is CC(C)(C)OC(=O)N1C2COCC1CC(O)(Cc1ccc(F)c(F)c1)C2. The fourth-order valence-electron chi connectivity index (χ4n) is 3.86. The number of rotatable bonds is 2. The number of benzene rings is 1. The Kier molecular flexibility index (Phi) is 4.96. The van der Waals surface area contributed by atoms with Gasteiger partial charge in [-0.05, 0) is 51.3 Å². The summed E-state index contributed by atoms with van der Waals surface area (Å²) >= 11 is 0. The van der Waals surface area contributed by atoms with E-state index in [0.29, 0.717) is 31.6 Å². The van der Waals surface area contributed by atoms with Gasteiger partial charge >= 0.3 is 6.09 Å². The lowest BCUT2D eigenvalue weighted by molar-refractivity contribution is -0.137. The molecule has 2 saturated heterocycles. The molecule has 0 saturated carbocycles. The van der Waals surface area contributed by atoms with E-state index in [0.717, 1.165) is 12.1 Å². The van der Waals surface area contributed by atoms with Crippen molar-refractivity contribution in [2.24, 2.45) is 0 Å². The zero-order valence-electron chi connectivity index (χ0n) is 15.3. The predicted octanol–water partition coefficient (Wildman–Crippen LogP) is 3.04. The third-order valence-corrected chi connectivity index (χ3v) is 4.76. The molecule has 7 heteroatoms. The van der Waals surface area contributed by atoms with E-state index >= 15 is 0 Å². The van der Waals surface area contributed by atoms with Gasteiger partial charge in [-0.15, -0.1) is 0 Å². The Morgan fingerprint density at radius 1 is 1.27 bits per heavy atom. The average Bonchev–Trinajstić information content (AvgIpc) is 2.48. The van der Waals surface area contributed by atoms with E-state index in [1.807, 2.05) is 0 Å². The second-order valence-electron chi connectivity index (χ2n) is 8.29. The molecule has 2 bridgehead atoms. The lowest BCUT2D eigenvalue weighted by atomic mass is 9.78. The van der Waals surface area contributed by atoms with Crippen LogP contribution in [0.15, 0.2) is 18.2 Å². The zero-order valence-corrected chi connectivity index (χ0v) is 15.3. The smallest absolute Gasteiger partial charge is 0.410 e. The predicted molar refractivity (Wildman–Crippen MR) is 90.7 cm³/mol. The Bertz CT molecular complexity index is 675. The Morgan fingerprint density at radius 2 is 1.88 bits per heavy atom. The molecule has 0 spiro atoms. The van der Waals surface area contributed by atoms with Crippen LogP contribution in [0.1, 0.15) is 39.2 Å². The highest BCUT2D eigenvalue weighted by atomic mass is 19.2. The molecule has 0 aromatic heterocycles. The lowest BCUT2D eigenvalue weighted by Crippen LogP contribution is -2.64. The van der Waals surface area contributed by atoms with E-state index < -0.39 is 28.9 Å². The van der Waals surface area contributed by atoms with Crippen molar-refractivity contribution >= 4 is 6.09 Å². The monoisotopic (exact) mass is 369 g/mol. The molecule has 2 aliphatic rings. The molecule has 1 N–H and O–H groups in total. The van der Waals surface area contributed by atoms with Gasteiger partial charge in [0.1, 0.15) is 5.60 Å². The minimum atomic E-state index is -1.11. The Morgan fingerprint density at radius 3 is 2.42 bits per heavy atom. The van der Waals surface area contributed by atoms with Crippen LogP contribution in [0.25, 0.3) is 0 Å². The van der Waals surface area contributed by atoms with Gasteiger partial charge in [0.25, 0.3) is 0 Å². The van der Waals surface area contributed by atoms with Gasteiger partial charge in [-0.25, -0.2) is 13.6 Å². The molecular formula is C19H25F2NO4. The van der Waals surface area contributed by atoms with E-state index in [9.17, 15) is 18.7 Å². The average molecular weight is 369 g/mol. The number of carbonyl (C=O) groups excluding carboxylic acids is 1. The van der Waals surface area contributed by atoms with Gasteiger partial charge in [-0.1, -0.05) is 6.07 Å². The maximum absolute atomic E-state index is 13.5. The molecule has 2 fully saturated rings.